The van der Waals surface area contributed by atoms with Crippen molar-refractivity contribution in [1.29, 1.82) is 0 Å². The first-order valence-corrected chi connectivity index (χ1v) is 14.4. The molecule has 0 aromatic carbocycles. The maximum Gasteiger partial charge on any atom is 0.132 e. The highest BCUT2D eigenvalue weighted by Crippen LogP contribution is 2.51. The van der Waals surface area contributed by atoms with E-state index in [1.54, 1.807) is 6.92 Å². The second-order valence-corrected chi connectivity index (χ2v) is 13.9. The fourth-order valence-corrected chi connectivity index (χ4v) is 7.04. The summed E-state index contributed by atoms with van der Waals surface area (Å²) in [5.74, 6) is 3.23. The van der Waals surface area contributed by atoms with Crippen LogP contribution in [0.2, 0.25) is 0 Å². The third kappa shape index (κ3) is 8.19. The van der Waals surface area contributed by atoms with Crippen molar-refractivity contribution in [3.05, 3.63) is 12.2 Å². The Morgan fingerprint density at radius 2 is 1.79 bits per heavy atom. The summed E-state index contributed by atoms with van der Waals surface area (Å²) in [6, 6.07) is 0. The number of ketones is 2. The quantitative estimate of drug-likeness (QED) is 0.236. The van der Waals surface area contributed by atoms with Crippen LogP contribution >= 0.6 is 27.5 Å². The molecule has 0 heterocycles. The predicted molar refractivity (Wildman–Crippen MR) is 147 cm³/mol. The van der Waals surface area contributed by atoms with Gasteiger partial charge in [0.15, 0.2) is 0 Å². The van der Waals surface area contributed by atoms with E-state index in [9.17, 15) is 9.59 Å². The standard InChI is InChI=1S/C15H27BrO.C14H23ClO/c1-6-12(17)7-8-13-11(3)14(16)9-10(2)15(13,4)5;1-9(11(3)16)8-12-10(2)13(15)6-7-14(12,4)5/h10-11,13-14H,6-9H2,1-5H3;9,12-13H,2,6-8H2,1,3-5H3. The molecule has 2 rings (SSSR count). The third-order valence-electron chi connectivity index (χ3n) is 9.26. The highest BCUT2D eigenvalue weighted by molar-refractivity contribution is 9.09. The molecule has 0 radical (unpaired) electrons. The number of allylic oxidation sites excluding steroid dienone is 1. The van der Waals surface area contributed by atoms with Crippen molar-refractivity contribution in [1.82, 2.24) is 0 Å². The SMILES string of the molecule is C=C1C(Cl)CCC(C)(C)C1CC(C)C(C)=O.CCC(=O)CCC1C(C)C(Br)CC(C)C1(C)C. The fraction of sp³-hybridized carbons (Fsp3) is 0.862. The van der Waals surface area contributed by atoms with Gasteiger partial charge in [-0.15, -0.1) is 11.6 Å². The Labute approximate surface area is 218 Å². The zero-order chi connectivity index (χ0) is 25.7. The summed E-state index contributed by atoms with van der Waals surface area (Å²) in [6.07, 6.45) is 6.80. The molecule has 33 heavy (non-hydrogen) atoms. The minimum atomic E-state index is 0.0946. The molecule has 0 bridgehead atoms. The highest BCUT2D eigenvalue weighted by atomic mass is 79.9. The molecule has 2 aliphatic carbocycles. The van der Waals surface area contributed by atoms with Gasteiger partial charge in [0, 0.05) is 23.6 Å². The lowest BCUT2D eigenvalue weighted by molar-refractivity contribution is -0.121. The average Bonchev–Trinajstić information content (AvgIpc) is 2.72. The lowest BCUT2D eigenvalue weighted by atomic mass is 9.58. The van der Waals surface area contributed by atoms with Crippen LogP contribution in [0.1, 0.15) is 107 Å². The second kappa shape index (κ2) is 12.7. The molecular formula is C29H50BrClO2. The molecule has 0 aromatic rings. The van der Waals surface area contributed by atoms with Gasteiger partial charge in [-0.05, 0) is 73.5 Å². The van der Waals surface area contributed by atoms with E-state index >= 15 is 0 Å². The van der Waals surface area contributed by atoms with Gasteiger partial charge in [0.2, 0.25) is 0 Å². The molecular weight excluding hydrogens is 496 g/mol. The lowest BCUT2D eigenvalue weighted by Gasteiger charge is -2.50. The minimum Gasteiger partial charge on any atom is -0.300 e. The monoisotopic (exact) mass is 544 g/mol. The van der Waals surface area contributed by atoms with Gasteiger partial charge in [-0.1, -0.05) is 83.5 Å². The van der Waals surface area contributed by atoms with Crippen LogP contribution < -0.4 is 0 Å². The molecule has 0 amide bonds. The summed E-state index contributed by atoms with van der Waals surface area (Å²) in [7, 11) is 0. The van der Waals surface area contributed by atoms with E-state index < -0.39 is 0 Å². The fourth-order valence-electron chi connectivity index (χ4n) is 5.85. The number of alkyl halides is 2. The van der Waals surface area contributed by atoms with E-state index in [1.165, 1.54) is 6.42 Å². The van der Waals surface area contributed by atoms with Gasteiger partial charge in [-0.2, -0.15) is 0 Å². The predicted octanol–water partition coefficient (Wildman–Crippen LogP) is 9.03. The summed E-state index contributed by atoms with van der Waals surface area (Å²) < 4.78 is 0. The second-order valence-electron chi connectivity index (χ2n) is 12.2. The topological polar surface area (TPSA) is 34.1 Å². The van der Waals surface area contributed by atoms with E-state index in [-0.39, 0.29) is 22.5 Å². The van der Waals surface area contributed by atoms with Crippen LogP contribution in [-0.2, 0) is 9.59 Å². The maximum atomic E-state index is 11.5. The number of halogens is 2. The number of carbonyl (C=O) groups excluding carboxylic acids is 2. The molecule has 2 aliphatic rings. The van der Waals surface area contributed by atoms with Gasteiger partial charge in [0.1, 0.15) is 11.6 Å². The Morgan fingerprint density at radius 1 is 1.21 bits per heavy atom. The zero-order valence-electron chi connectivity index (χ0n) is 22.8. The van der Waals surface area contributed by atoms with Crippen LogP contribution in [0.25, 0.3) is 0 Å². The number of carbonyl (C=O) groups is 2. The number of hydrogen-bond donors (Lipinski definition) is 0. The Morgan fingerprint density at radius 3 is 2.30 bits per heavy atom. The van der Waals surface area contributed by atoms with Crippen molar-refractivity contribution in [2.24, 2.45) is 40.4 Å². The smallest absolute Gasteiger partial charge is 0.132 e. The minimum absolute atomic E-state index is 0.0946. The highest BCUT2D eigenvalue weighted by Gasteiger charge is 2.45. The van der Waals surface area contributed by atoms with E-state index in [1.807, 2.05) is 13.8 Å². The van der Waals surface area contributed by atoms with E-state index in [0.29, 0.717) is 40.2 Å². The molecule has 0 N–H and O–H groups in total. The van der Waals surface area contributed by atoms with Crippen molar-refractivity contribution in [3.8, 4) is 0 Å². The van der Waals surface area contributed by atoms with Crippen LogP contribution in [-0.4, -0.2) is 21.8 Å². The van der Waals surface area contributed by atoms with Crippen LogP contribution in [0.15, 0.2) is 12.2 Å². The Kier molecular flexibility index (Phi) is 11.9. The van der Waals surface area contributed by atoms with Crippen LogP contribution in [0.3, 0.4) is 0 Å². The molecule has 2 saturated carbocycles. The van der Waals surface area contributed by atoms with Gasteiger partial charge in [0.25, 0.3) is 0 Å². The Hall–Kier alpha value is -0.150. The third-order valence-corrected chi connectivity index (χ3v) is 11.0. The van der Waals surface area contributed by atoms with Gasteiger partial charge in [-0.3, -0.25) is 9.59 Å². The van der Waals surface area contributed by atoms with Gasteiger partial charge in [0.05, 0.1) is 5.38 Å². The molecule has 0 saturated heterocycles. The van der Waals surface area contributed by atoms with E-state index in [0.717, 1.165) is 43.6 Å². The first-order valence-electron chi connectivity index (χ1n) is 13.0. The molecule has 192 valence electrons. The van der Waals surface area contributed by atoms with Crippen molar-refractivity contribution < 1.29 is 9.59 Å². The van der Waals surface area contributed by atoms with Crippen molar-refractivity contribution >= 4 is 39.1 Å². The summed E-state index contributed by atoms with van der Waals surface area (Å²) in [5.41, 5.74) is 1.72. The number of rotatable bonds is 7. The lowest BCUT2D eigenvalue weighted by Crippen LogP contribution is -2.44. The van der Waals surface area contributed by atoms with Crippen LogP contribution in [0, 0.1) is 40.4 Å². The van der Waals surface area contributed by atoms with E-state index in [2.05, 4.69) is 64.1 Å². The maximum absolute atomic E-state index is 11.5. The number of hydrogen-bond acceptors (Lipinski definition) is 2. The molecule has 4 heteroatoms. The molecule has 2 fully saturated rings. The van der Waals surface area contributed by atoms with E-state index in [4.69, 9.17) is 11.6 Å². The largest absolute Gasteiger partial charge is 0.300 e. The average molecular weight is 546 g/mol. The molecule has 7 atom stereocenters. The first kappa shape index (κ1) is 30.9. The van der Waals surface area contributed by atoms with Crippen molar-refractivity contribution in [2.45, 2.75) is 117 Å². The van der Waals surface area contributed by atoms with Crippen LogP contribution in [0.5, 0.6) is 0 Å². The first-order chi connectivity index (χ1) is 15.1. The molecule has 2 nitrogen and oxygen atoms in total. The summed E-state index contributed by atoms with van der Waals surface area (Å²) in [4.78, 5) is 23.5. The number of Topliss-reactive ketones (excluding diaryl/α,β-unsaturated/α-hetero) is 2. The molecule has 0 aliphatic heterocycles. The normalized spacial score (nSPS) is 34.1. The summed E-state index contributed by atoms with van der Waals surface area (Å²) in [6.45, 7) is 23.8. The van der Waals surface area contributed by atoms with Crippen LogP contribution in [0.4, 0.5) is 0 Å². The van der Waals surface area contributed by atoms with Gasteiger partial charge >= 0.3 is 0 Å². The van der Waals surface area contributed by atoms with Crippen molar-refractivity contribution in [3.63, 3.8) is 0 Å². The summed E-state index contributed by atoms with van der Waals surface area (Å²) >= 11 is 10.1. The molecule has 7 unspecified atom stereocenters. The van der Waals surface area contributed by atoms with Gasteiger partial charge < -0.3 is 0 Å². The molecule has 0 aromatic heterocycles. The zero-order valence-corrected chi connectivity index (χ0v) is 25.1. The molecule has 0 spiro atoms. The Bertz CT molecular complexity index is 683. The van der Waals surface area contributed by atoms with Gasteiger partial charge in [-0.25, -0.2) is 0 Å². The van der Waals surface area contributed by atoms with Crippen molar-refractivity contribution in [2.75, 3.05) is 0 Å². The Balaban J connectivity index is 0.000000331. The summed E-state index contributed by atoms with van der Waals surface area (Å²) in [5, 5.41) is 0.0946.